The number of piperazine rings is 1. The van der Waals surface area contributed by atoms with Crippen molar-refractivity contribution >= 4 is 0 Å². The van der Waals surface area contributed by atoms with Gasteiger partial charge in [0.05, 0.1) is 0 Å². The maximum absolute atomic E-state index is 3.54. The monoisotopic (exact) mass is 223 g/mol. The van der Waals surface area contributed by atoms with Crippen LogP contribution in [0.2, 0.25) is 0 Å². The first-order valence-electron chi connectivity index (χ1n) is 6.97. The molecule has 3 atom stereocenters. The van der Waals surface area contributed by atoms with E-state index in [9.17, 15) is 0 Å². The van der Waals surface area contributed by atoms with Gasteiger partial charge in [-0.15, -0.1) is 0 Å². The van der Waals surface area contributed by atoms with Crippen molar-refractivity contribution in [2.45, 2.75) is 57.3 Å². The summed E-state index contributed by atoms with van der Waals surface area (Å²) in [4.78, 5) is 5.48. The average molecular weight is 223 g/mol. The lowest BCUT2D eigenvalue weighted by molar-refractivity contribution is 0.147. The molecule has 0 spiro atoms. The summed E-state index contributed by atoms with van der Waals surface area (Å²) in [6.45, 7) is 9.73. The van der Waals surface area contributed by atoms with E-state index in [1.807, 2.05) is 0 Å². The molecule has 0 aromatic heterocycles. The zero-order valence-corrected chi connectivity index (χ0v) is 10.7. The molecule has 0 bridgehead atoms. The summed E-state index contributed by atoms with van der Waals surface area (Å²) in [5.41, 5.74) is 0. The third-order valence-corrected chi connectivity index (χ3v) is 4.53. The van der Waals surface area contributed by atoms with Crippen LogP contribution in [0.25, 0.3) is 0 Å². The molecule has 3 aliphatic rings. The molecule has 1 aliphatic carbocycles. The van der Waals surface area contributed by atoms with E-state index in [4.69, 9.17) is 0 Å². The number of hydrogen-bond donors (Lipinski definition) is 1. The second-order valence-corrected chi connectivity index (χ2v) is 6.02. The van der Waals surface area contributed by atoms with Gasteiger partial charge in [0, 0.05) is 50.3 Å². The van der Waals surface area contributed by atoms with Crippen molar-refractivity contribution in [3.05, 3.63) is 0 Å². The van der Waals surface area contributed by atoms with E-state index < -0.39 is 0 Å². The van der Waals surface area contributed by atoms with E-state index in [0.29, 0.717) is 6.04 Å². The molecule has 0 aromatic carbocycles. The number of likely N-dealkylation sites (tertiary alicyclic amines) is 1. The largest absolute Gasteiger partial charge is 0.312 e. The fourth-order valence-corrected chi connectivity index (χ4v) is 3.50. The van der Waals surface area contributed by atoms with E-state index in [-0.39, 0.29) is 0 Å². The fraction of sp³-hybridized carbons (Fsp3) is 1.00. The van der Waals surface area contributed by atoms with Gasteiger partial charge in [0.1, 0.15) is 0 Å². The molecule has 2 aliphatic heterocycles. The van der Waals surface area contributed by atoms with Crippen LogP contribution >= 0.6 is 0 Å². The van der Waals surface area contributed by atoms with Crippen LogP contribution in [0.4, 0.5) is 0 Å². The molecule has 0 radical (unpaired) electrons. The Bertz CT molecular complexity index is 252. The molecular weight excluding hydrogens is 198 g/mol. The zero-order chi connectivity index (χ0) is 11.1. The van der Waals surface area contributed by atoms with Crippen molar-refractivity contribution in [3.8, 4) is 0 Å². The van der Waals surface area contributed by atoms with Crippen LogP contribution in [0, 0.1) is 0 Å². The van der Waals surface area contributed by atoms with Gasteiger partial charge in [0.25, 0.3) is 0 Å². The average Bonchev–Trinajstić information content (AvgIpc) is 3.02. The number of rotatable bonds is 2. The minimum atomic E-state index is 0.680. The Morgan fingerprint density at radius 1 is 1.06 bits per heavy atom. The molecule has 1 saturated carbocycles. The summed E-state index contributed by atoms with van der Waals surface area (Å²) in [5.74, 6) is 0. The van der Waals surface area contributed by atoms with Gasteiger partial charge in [-0.3, -0.25) is 9.80 Å². The molecule has 92 valence electrons. The molecule has 1 N–H and O–H groups in total. The Hall–Kier alpha value is -0.120. The maximum atomic E-state index is 3.54. The molecule has 3 unspecified atom stereocenters. The van der Waals surface area contributed by atoms with Gasteiger partial charge in [-0.1, -0.05) is 0 Å². The van der Waals surface area contributed by atoms with E-state index in [1.165, 1.54) is 45.4 Å². The van der Waals surface area contributed by atoms with E-state index in [0.717, 1.165) is 18.1 Å². The summed E-state index contributed by atoms with van der Waals surface area (Å²) in [6, 6.07) is 3.28. The standard InChI is InChI=1S/C13H25N3/c1-10-8-15(6-5-14-10)13-7-11(2)16(9-13)12-3-4-12/h10-14H,3-9H2,1-2H3. The first-order valence-corrected chi connectivity index (χ1v) is 6.97. The summed E-state index contributed by atoms with van der Waals surface area (Å²) in [7, 11) is 0. The van der Waals surface area contributed by atoms with Crippen molar-refractivity contribution < 1.29 is 0 Å². The van der Waals surface area contributed by atoms with Gasteiger partial charge in [-0.2, -0.15) is 0 Å². The SMILES string of the molecule is CC1CN(C2CC(C)N(C3CC3)C2)CCN1. The Kier molecular flexibility index (Phi) is 2.94. The molecule has 0 aromatic rings. The Balaban J connectivity index is 1.59. The second-order valence-electron chi connectivity index (χ2n) is 6.02. The van der Waals surface area contributed by atoms with Crippen molar-refractivity contribution in [1.29, 1.82) is 0 Å². The first kappa shape index (κ1) is 11.0. The first-order chi connectivity index (χ1) is 7.74. The van der Waals surface area contributed by atoms with Crippen molar-refractivity contribution in [2.75, 3.05) is 26.2 Å². The highest BCUT2D eigenvalue weighted by Crippen LogP contribution is 2.34. The Labute approximate surface area is 99.2 Å². The van der Waals surface area contributed by atoms with Gasteiger partial charge in [0.2, 0.25) is 0 Å². The van der Waals surface area contributed by atoms with Gasteiger partial charge < -0.3 is 5.32 Å². The quantitative estimate of drug-likeness (QED) is 0.750. The summed E-state index contributed by atoms with van der Waals surface area (Å²) >= 11 is 0. The van der Waals surface area contributed by atoms with E-state index in [2.05, 4.69) is 29.0 Å². The summed E-state index contributed by atoms with van der Waals surface area (Å²) < 4.78 is 0. The Morgan fingerprint density at radius 3 is 2.56 bits per heavy atom. The molecule has 2 heterocycles. The molecule has 3 heteroatoms. The third-order valence-electron chi connectivity index (χ3n) is 4.53. The topological polar surface area (TPSA) is 18.5 Å². The molecule has 0 amide bonds. The molecule has 16 heavy (non-hydrogen) atoms. The van der Waals surface area contributed by atoms with E-state index >= 15 is 0 Å². The summed E-state index contributed by atoms with van der Waals surface area (Å²) in [5, 5.41) is 3.54. The Morgan fingerprint density at radius 2 is 1.88 bits per heavy atom. The minimum absolute atomic E-state index is 0.680. The van der Waals surface area contributed by atoms with Crippen LogP contribution in [0.3, 0.4) is 0 Å². The molecule has 3 fully saturated rings. The van der Waals surface area contributed by atoms with Crippen molar-refractivity contribution in [2.24, 2.45) is 0 Å². The maximum Gasteiger partial charge on any atom is 0.0239 e. The molecule has 3 rings (SSSR count). The lowest BCUT2D eigenvalue weighted by atomic mass is 10.1. The molecule has 3 nitrogen and oxygen atoms in total. The van der Waals surface area contributed by atoms with Crippen LogP contribution in [0.15, 0.2) is 0 Å². The fourth-order valence-electron chi connectivity index (χ4n) is 3.50. The highest BCUT2D eigenvalue weighted by atomic mass is 15.3. The van der Waals surface area contributed by atoms with Crippen LogP contribution in [-0.4, -0.2) is 60.1 Å². The molecule has 2 saturated heterocycles. The van der Waals surface area contributed by atoms with Crippen LogP contribution in [0.5, 0.6) is 0 Å². The minimum Gasteiger partial charge on any atom is -0.312 e. The van der Waals surface area contributed by atoms with Gasteiger partial charge in [0.15, 0.2) is 0 Å². The molecular formula is C13H25N3. The van der Waals surface area contributed by atoms with Crippen molar-refractivity contribution in [3.63, 3.8) is 0 Å². The van der Waals surface area contributed by atoms with Crippen LogP contribution in [0.1, 0.15) is 33.1 Å². The smallest absolute Gasteiger partial charge is 0.0239 e. The lowest BCUT2D eigenvalue weighted by Crippen LogP contribution is -2.53. The van der Waals surface area contributed by atoms with Gasteiger partial charge >= 0.3 is 0 Å². The normalized spacial score (nSPS) is 42.8. The van der Waals surface area contributed by atoms with Crippen LogP contribution in [-0.2, 0) is 0 Å². The number of nitrogens with zero attached hydrogens (tertiary/aromatic N) is 2. The summed E-state index contributed by atoms with van der Waals surface area (Å²) in [6.07, 6.45) is 4.30. The number of hydrogen-bond acceptors (Lipinski definition) is 3. The third kappa shape index (κ3) is 2.13. The second kappa shape index (κ2) is 4.28. The predicted molar refractivity (Wildman–Crippen MR) is 66.6 cm³/mol. The predicted octanol–water partition coefficient (Wildman–Crippen LogP) is 0.905. The highest BCUT2D eigenvalue weighted by molar-refractivity contribution is 4.97. The van der Waals surface area contributed by atoms with Gasteiger partial charge in [-0.05, 0) is 33.1 Å². The van der Waals surface area contributed by atoms with Crippen LogP contribution < -0.4 is 5.32 Å². The lowest BCUT2D eigenvalue weighted by Gasteiger charge is -2.36. The highest BCUT2D eigenvalue weighted by Gasteiger charge is 2.40. The van der Waals surface area contributed by atoms with Crippen molar-refractivity contribution in [1.82, 2.24) is 15.1 Å². The van der Waals surface area contributed by atoms with Gasteiger partial charge in [-0.25, -0.2) is 0 Å². The number of nitrogens with one attached hydrogen (secondary N) is 1. The van der Waals surface area contributed by atoms with E-state index in [1.54, 1.807) is 0 Å². The zero-order valence-electron chi connectivity index (χ0n) is 10.7.